The summed E-state index contributed by atoms with van der Waals surface area (Å²) in [4.78, 5) is 24.3. The topological polar surface area (TPSA) is 102 Å². The molecule has 0 amide bonds. The normalized spacial score (nSPS) is 28.7. The first-order chi connectivity index (χ1) is 18.4. The number of allylic oxidation sites excluding steroid dienone is 3. The largest absolute Gasteiger partial charge is 0.457 e. The van der Waals surface area contributed by atoms with Gasteiger partial charge in [0.1, 0.15) is 17.8 Å². The molecule has 7 nitrogen and oxygen atoms in total. The second-order valence-corrected chi connectivity index (χ2v) is 11.0. The molecule has 1 aliphatic heterocycles. The molecule has 0 saturated carbocycles. The lowest BCUT2D eigenvalue weighted by Gasteiger charge is -2.32. The Labute approximate surface area is 233 Å². The van der Waals surface area contributed by atoms with Gasteiger partial charge in [-0.25, -0.2) is 0 Å². The van der Waals surface area contributed by atoms with Crippen molar-refractivity contribution in [2.24, 2.45) is 11.8 Å². The number of methoxy groups -OCH3 is 1. The maximum Gasteiger partial charge on any atom is 0.309 e. The molecule has 2 rings (SSSR count). The number of hydrogen-bond acceptors (Lipinski definition) is 7. The van der Waals surface area contributed by atoms with Crippen LogP contribution >= 0.6 is 0 Å². The molecule has 0 saturated heterocycles. The Morgan fingerprint density at radius 3 is 2.67 bits per heavy atom. The number of hydrogen-bond donors (Lipinski definition) is 2. The Morgan fingerprint density at radius 1 is 1.26 bits per heavy atom. The molecule has 1 aliphatic rings. The second kappa shape index (κ2) is 15.8. The molecule has 0 bridgehead atoms. The van der Waals surface area contributed by atoms with Gasteiger partial charge in [0, 0.05) is 20.0 Å². The summed E-state index contributed by atoms with van der Waals surface area (Å²) in [6.45, 7) is 9.44. The predicted molar refractivity (Wildman–Crippen MR) is 152 cm³/mol. The van der Waals surface area contributed by atoms with Crippen LogP contribution in [-0.4, -0.2) is 53.2 Å². The Bertz CT molecular complexity index is 1020. The first-order valence-corrected chi connectivity index (χ1v) is 13.8. The smallest absolute Gasteiger partial charge is 0.309 e. The molecule has 1 unspecified atom stereocenters. The summed E-state index contributed by atoms with van der Waals surface area (Å²) < 4.78 is 16.4. The number of carbonyl (C=O) groups excluding carboxylic acids is 2. The number of esters is 2. The van der Waals surface area contributed by atoms with Crippen LogP contribution in [0.5, 0.6) is 0 Å². The number of aryl methyl sites for hydroxylation is 1. The van der Waals surface area contributed by atoms with Crippen LogP contribution < -0.4 is 0 Å². The van der Waals surface area contributed by atoms with Gasteiger partial charge in [-0.1, -0.05) is 62.4 Å². The molecule has 39 heavy (non-hydrogen) atoms. The maximum atomic E-state index is 12.6. The van der Waals surface area contributed by atoms with E-state index in [1.165, 1.54) is 18.1 Å². The van der Waals surface area contributed by atoms with E-state index >= 15 is 0 Å². The van der Waals surface area contributed by atoms with Gasteiger partial charge in [-0.15, -0.1) is 0 Å². The average molecular weight is 543 g/mol. The minimum absolute atomic E-state index is 0.155. The zero-order valence-corrected chi connectivity index (χ0v) is 24.3. The van der Waals surface area contributed by atoms with Crippen LogP contribution in [0.4, 0.5) is 0 Å². The summed E-state index contributed by atoms with van der Waals surface area (Å²) in [7, 11) is 1.70. The first kappa shape index (κ1) is 32.5. The van der Waals surface area contributed by atoms with Gasteiger partial charge in [0.15, 0.2) is 0 Å². The number of cyclic esters (lactones) is 1. The molecule has 1 heterocycles. The van der Waals surface area contributed by atoms with E-state index in [2.05, 4.69) is 37.3 Å². The van der Waals surface area contributed by atoms with Crippen molar-refractivity contribution < 1.29 is 34.0 Å². The number of benzene rings is 1. The molecule has 6 atom stereocenters. The van der Waals surface area contributed by atoms with Gasteiger partial charge in [0.05, 0.1) is 19.1 Å². The van der Waals surface area contributed by atoms with Gasteiger partial charge in [-0.3, -0.25) is 9.59 Å². The lowest BCUT2D eigenvalue weighted by molar-refractivity contribution is -0.157. The lowest BCUT2D eigenvalue weighted by Crippen LogP contribution is -2.42. The molecule has 0 aliphatic carbocycles. The highest BCUT2D eigenvalue weighted by atomic mass is 16.6. The molecule has 7 heteroatoms. The molecule has 0 radical (unpaired) electrons. The van der Waals surface area contributed by atoms with Crippen molar-refractivity contribution in [3.05, 3.63) is 71.3 Å². The highest BCUT2D eigenvalue weighted by Gasteiger charge is 2.35. The summed E-state index contributed by atoms with van der Waals surface area (Å²) in [5, 5.41) is 21.3. The zero-order valence-electron chi connectivity index (χ0n) is 24.3. The summed E-state index contributed by atoms with van der Waals surface area (Å²) in [6.07, 6.45) is 9.19. The Balaban J connectivity index is 2.14. The maximum absolute atomic E-state index is 12.6. The summed E-state index contributed by atoms with van der Waals surface area (Å²) in [6, 6.07) is 8.44. The van der Waals surface area contributed by atoms with Crippen LogP contribution in [0, 0.1) is 11.8 Å². The first-order valence-electron chi connectivity index (χ1n) is 13.8. The molecular formula is C32H46O7. The predicted octanol–water partition coefficient (Wildman–Crippen LogP) is 5.24. The minimum atomic E-state index is -1.39. The van der Waals surface area contributed by atoms with Crippen molar-refractivity contribution >= 4 is 11.9 Å². The van der Waals surface area contributed by atoms with Crippen LogP contribution in [-0.2, 0) is 36.8 Å². The summed E-state index contributed by atoms with van der Waals surface area (Å²) in [5.41, 5.74) is 1.90. The fourth-order valence-electron chi connectivity index (χ4n) is 4.65. The number of rotatable bonds is 9. The number of aliphatic hydroxyl groups excluding tert-OH is 1. The van der Waals surface area contributed by atoms with Crippen LogP contribution in [0.3, 0.4) is 0 Å². The highest BCUT2D eigenvalue weighted by molar-refractivity contribution is 5.70. The van der Waals surface area contributed by atoms with Crippen molar-refractivity contribution in [2.45, 2.75) is 97.2 Å². The third-order valence-corrected chi connectivity index (χ3v) is 7.06. The highest BCUT2D eigenvalue weighted by Crippen LogP contribution is 2.27. The number of aliphatic hydroxyl groups is 2. The molecule has 2 N–H and O–H groups in total. The minimum Gasteiger partial charge on any atom is -0.457 e. The Hall–Kier alpha value is -2.74. The SMILES string of the molecule is COCc1cccc(CCC(C)/C=C/C=C(\C)[C@H]2OC(=O)C[C@@H](O)CC[C@](C)(O)[C@H](OC(C)=O)/C=C/[C@@H]2C)c1. The molecule has 216 valence electrons. The van der Waals surface area contributed by atoms with Crippen LogP contribution in [0.15, 0.2) is 60.2 Å². The molecule has 0 spiro atoms. The molecule has 0 aromatic heterocycles. The van der Waals surface area contributed by atoms with Gasteiger partial charge in [-0.05, 0) is 68.2 Å². The third kappa shape index (κ3) is 11.5. The van der Waals surface area contributed by atoms with Crippen molar-refractivity contribution in [1.82, 2.24) is 0 Å². The van der Waals surface area contributed by atoms with Crippen molar-refractivity contribution in [2.75, 3.05) is 7.11 Å². The lowest BCUT2D eigenvalue weighted by atomic mass is 9.88. The van der Waals surface area contributed by atoms with Crippen LogP contribution in [0.1, 0.15) is 71.4 Å². The Kier molecular flexibility index (Phi) is 13.1. The van der Waals surface area contributed by atoms with Gasteiger partial charge in [-0.2, -0.15) is 0 Å². The molecular weight excluding hydrogens is 496 g/mol. The average Bonchev–Trinajstić information content (AvgIpc) is 2.86. The van der Waals surface area contributed by atoms with E-state index in [0.717, 1.165) is 18.4 Å². The van der Waals surface area contributed by atoms with Gasteiger partial charge in [0.2, 0.25) is 0 Å². The fourth-order valence-corrected chi connectivity index (χ4v) is 4.65. The van der Waals surface area contributed by atoms with Crippen molar-refractivity contribution in [1.29, 1.82) is 0 Å². The van der Waals surface area contributed by atoms with E-state index in [1.807, 2.05) is 26.0 Å². The molecule has 0 fully saturated rings. The fraction of sp³-hybridized carbons (Fsp3) is 0.562. The van der Waals surface area contributed by atoms with Gasteiger partial charge < -0.3 is 24.4 Å². The van der Waals surface area contributed by atoms with E-state index in [-0.39, 0.29) is 25.2 Å². The number of carbonyl (C=O) groups is 2. The second-order valence-electron chi connectivity index (χ2n) is 11.0. The standard InChI is InChI=1S/C32H46O7/c1-22(13-15-26-11-8-12-27(19-26)21-37-6)9-7-10-23(2)31-24(3)14-16-29(38-25(4)33)32(5,36)18-17-28(34)20-30(35)39-31/h7-12,14,16,19,22,24,28-29,31,34,36H,13,15,17-18,20-21H2,1-6H3/b9-7+,16-14+,23-10+/t22?,24-,28-,29+,31+,32-/m0/s1. The van der Waals surface area contributed by atoms with E-state index in [0.29, 0.717) is 12.5 Å². The summed E-state index contributed by atoms with van der Waals surface area (Å²) in [5.74, 6) is -0.921. The quantitative estimate of drug-likeness (QED) is 0.250. The molecule has 1 aromatic rings. The van der Waals surface area contributed by atoms with E-state index in [1.54, 1.807) is 26.2 Å². The Morgan fingerprint density at radius 2 is 1.97 bits per heavy atom. The van der Waals surface area contributed by atoms with Crippen LogP contribution in [0.2, 0.25) is 0 Å². The monoisotopic (exact) mass is 542 g/mol. The summed E-state index contributed by atoms with van der Waals surface area (Å²) >= 11 is 0. The molecule has 1 aromatic carbocycles. The van der Waals surface area contributed by atoms with Crippen molar-refractivity contribution in [3.8, 4) is 0 Å². The zero-order chi connectivity index (χ0) is 29.0. The van der Waals surface area contributed by atoms with Gasteiger partial charge in [0.25, 0.3) is 0 Å². The van der Waals surface area contributed by atoms with E-state index < -0.39 is 35.9 Å². The van der Waals surface area contributed by atoms with Crippen LogP contribution in [0.25, 0.3) is 0 Å². The number of ether oxygens (including phenoxy) is 3. The van der Waals surface area contributed by atoms with Gasteiger partial charge >= 0.3 is 11.9 Å². The van der Waals surface area contributed by atoms with Crippen molar-refractivity contribution in [3.63, 3.8) is 0 Å². The third-order valence-electron chi connectivity index (χ3n) is 7.06. The van der Waals surface area contributed by atoms with E-state index in [9.17, 15) is 19.8 Å². The van der Waals surface area contributed by atoms with E-state index in [4.69, 9.17) is 14.2 Å².